The number of hydrogen-bond donors (Lipinski definition) is 1. The van der Waals surface area contributed by atoms with Crippen molar-refractivity contribution in [1.29, 1.82) is 0 Å². The first-order valence-corrected chi connectivity index (χ1v) is 11.4. The minimum atomic E-state index is -0.890. The molecule has 9 nitrogen and oxygen atoms in total. The van der Waals surface area contributed by atoms with E-state index in [1.165, 1.54) is 21.7 Å². The van der Waals surface area contributed by atoms with Crippen LogP contribution in [-0.2, 0) is 17.7 Å². The van der Waals surface area contributed by atoms with E-state index in [1.807, 2.05) is 28.8 Å². The second kappa shape index (κ2) is 7.16. The summed E-state index contributed by atoms with van der Waals surface area (Å²) in [5, 5.41) is 12.8. The van der Waals surface area contributed by atoms with Crippen molar-refractivity contribution in [3.63, 3.8) is 0 Å². The van der Waals surface area contributed by atoms with Crippen molar-refractivity contribution in [2.24, 2.45) is 0 Å². The van der Waals surface area contributed by atoms with Crippen LogP contribution in [0.3, 0.4) is 0 Å². The van der Waals surface area contributed by atoms with Crippen LogP contribution in [0.5, 0.6) is 5.75 Å². The minimum absolute atomic E-state index is 0.228. The second-order valence-corrected chi connectivity index (χ2v) is 9.03. The zero-order valence-electron chi connectivity index (χ0n) is 18.5. The number of ether oxygens (including phenoxy) is 1. The maximum atomic E-state index is 15.4. The van der Waals surface area contributed by atoms with Crippen molar-refractivity contribution in [2.45, 2.75) is 19.1 Å². The molecule has 35 heavy (non-hydrogen) atoms. The summed E-state index contributed by atoms with van der Waals surface area (Å²) in [6.07, 6.45) is 1.58. The SMILES string of the molecule is O=C1c2c([O-])c(=O)cc(-c3cc(F)c4ncn5c4c3Cc3ccccc3C5)n2N[C@@H]2COCCN12. The predicted molar refractivity (Wildman–Crippen MR) is 122 cm³/mol. The van der Waals surface area contributed by atoms with Crippen LogP contribution >= 0.6 is 0 Å². The lowest BCUT2D eigenvalue weighted by molar-refractivity contribution is -0.271. The Morgan fingerprint density at radius 1 is 1.17 bits per heavy atom. The highest BCUT2D eigenvalue weighted by molar-refractivity contribution is 5.98. The van der Waals surface area contributed by atoms with Crippen LogP contribution in [0, 0.1) is 5.82 Å². The van der Waals surface area contributed by atoms with Gasteiger partial charge in [0.15, 0.2) is 11.2 Å². The van der Waals surface area contributed by atoms with E-state index in [0.717, 1.165) is 16.7 Å². The molecule has 2 aromatic heterocycles. The van der Waals surface area contributed by atoms with E-state index in [4.69, 9.17) is 4.74 Å². The number of aromatic nitrogens is 3. The molecule has 0 saturated carbocycles. The van der Waals surface area contributed by atoms with Gasteiger partial charge in [0.25, 0.3) is 5.91 Å². The summed E-state index contributed by atoms with van der Waals surface area (Å²) in [6, 6.07) is 10.5. The Morgan fingerprint density at radius 3 is 2.86 bits per heavy atom. The Hall–Kier alpha value is -4.18. The van der Waals surface area contributed by atoms with Gasteiger partial charge in [-0.25, -0.2) is 9.37 Å². The second-order valence-electron chi connectivity index (χ2n) is 9.03. The van der Waals surface area contributed by atoms with E-state index in [0.29, 0.717) is 37.2 Å². The van der Waals surface area contributed by atoms with Gasteiger partial charge in [0, 0.05) is 31.1 Å². The molecular formula is C25H19FN5O4-. The summed E-state index contributed by atoms with van der Waals surface area (Å²) in [4.78, 5) is 31.8. The van der Waals surface area contributed by atoms with Crippen molar-refractivity contribution in [2.75, 3.05) is 25.2 Å². The third-order valence-corrected chi connectivity index (χ3v) is 7.09. The van der Waals surface area contributed by atoms with Crippen molar-refractivity contribution in [1.82, 2.24) is 19.1 Å². The maximum Gasteiger partial charge on any atom is 0.273 e. The largest absolute Gasteiger partial charge is 0.868 e. The fourth-order valence-corrected chi connectivity index (χ4v) is 5.43. The Balaban J connectivity index is 1.53. The van der Waals surface area contributed by atoms with Crippen molar-refractivity contribution >= 4 is 16.9 Å². The van der Waals surface area contributed by atoms with Crippen LogP contribution in [-0.4, -0.2) is 51.0 Å². The lowest BCUT2D eigenvalue weighted by atomic mass is 9.94. The molecule has 176 valence electrons. The average molecular weight is 472 g/mol. The number of pyridine rings is 1. The molecule has 0 aliphatic carbocycles. The maximum absolute atomic E-state index is 15.4. The Morgan fingerprint density at radius 2 is 2.00 bits per heavy atom. The van der Waals surface area contributed by atoms with E-state index >= 15 is 4.39 Å². The lowest BCUT2D eigenvalue weighted by Crippen LogP contribution is -2.59. The third-order valence-electron chi connectivity index (χ3n) is 7.09. The number of morpholine rings is 1. The number of benzene rings is 2. The third kappa shape index (κ3) is 2.80. The number of fused-ring (bicyclic) bond motifs is 3. The zero-order valence-corrected chi connectivity index (χ0v) is 18.5. The summed E-state index contributed by atoms with van der Waals surface area (Å²) >= 11 is 0. The summed E-state index contributed by atoms with van der Waals surface area (Å²) in [5.41, 5.74) is 6.56. The van der Waals surface area contributed by atoms with Crippen LogP contribution < -0.4 is 16.0 Å². The molecule has 1 amide bonds. The van der Waals surface area contributed by atoms with E-state index < -0.39 is 29.1 Å². The van der Waals surface area contributed by atoms with Gasteiger partial charge in [-0.1, -0.05) is 24.3 Å². The molecular weight excluding hydrogens is 453 g/mol. The van der Waals surface area contributed by atoms with E-state index in [2.05, 4.69) is 10.4 Å². The fourth-order valence-electron chi connectivity index (χ4n) is 5.43. The van der Waals surface area contributed by atoms with Gasteiger partial charge >= 0.3 is 0 Å². The van der Waals surface area contributed by atoms with Crippen LogP contribution in [0.25, 0.3) is 22.3 Å². The molecule has 0 bridgehead atoms. The van der Waals surface area contributed by atoms with Crippen LogP contribution in [0.1, 0.15) is 27.2 Å². The highest BCUT2D eigenvalue weighted by atomic mass is 19.1. The molecule has 1 saturated heterocycles. The van der Waals surface area contributed by atoms with Gasteiger partial charge < -0.3 is 24.7 Å². The lowest BCUT2D eigenvalue weighted by Gasteiger charge is -2.43. The number of rotatable bonds is 1. The molecule has 2 aromatic carbocycles. The number of nitrogens with one attached hydrogen (secondary N) is 1. The molecule has 3 aliphatic heterocycles. The van der Waals surface area contributed by atoms with Crippen molar-refractivity contribution < 1.29 is 19.0 Å². The standard InChI is InChI=1S/C25H20FN5O4/c26-17-8-15(16-7-13-3-1-2-4-14(13)10-29-12-27-21(17)22(16)29)18-9-19(32)24(33)23-25(34)30-5-6-35-11-20(30)28-31(18)23/h1-4,8-9,12,20,28,33H,5-7,10-11H2/p-1/t20-/m0/s1. The van der Waals surface area contributed by atoms with Gasteiger partial charge in [0.1, 0.15) is 17.4 Å². The molecule has 7 rings (SSSR count). The van der Waals surface area contributed by atoms with Crippen LogP contribution in [0.2, 0.25) is 0 Å². The number of amides is 1. The van der Waals surface area contributed by atoms with Crippen molar-refractivity contribution in [3.05, 3.63) is 81.2 Å². The van der Waals surface area contributed by atoms with E-state index in [1.54, 1.807) is 6.33 Å². The number of nitrogens with zero attached hydrogens (tertiary/aromatic N) is 4. The molecule has 4 aromatic rings. The predicted octanol–water partition coefficient (Wildman–Crippen LogP) is 1.39. The van der Waals surface area contributed by atoms with E-state index in [9.17, 15) is 14.7 Å². The Labute approximate surface area is 198 Å². The van der Waals surface area contributed by atoms with Gasteiger partial charge in [-0.2, -0.15) is 0 Å². The summed E-state index contributed by atoms with van der Waals surface area (Å²) < 4.78 is 24.1. The van der Waals surface area contributed by atoms with Crippen LogP contribution in [0.4, 0.5) is 4.39 Å². The zero-order chi connectivity index (χ0) is 23.8. The highest BCUT2D eigenvalue weighted by Gasteiger charge is 2.36. The minimum Gasteiger partial charge on any atom is -0.868 e. The van der Waals surface area contributed by atoms with Crippen LogP contribution in [0.15, 0.2) is 47.5 Å². The highest BCUT2D eigenvalue weighted by Crippen LogP contribution is 2.37. The van der Waals surface area contributed by atoms with Gasteiger partial charge in [-0.15, -0.1) is 0 Å². The topological polar surface area (TPSA) is 104 Å². The molecule has 0 unspecified atom stereocenters. The smallest absolute Gasteiger partial charge is 0.273 e. The van der Waals surface area contributed by atoms with Gasteiger partial charge in [0.05, 0.1) is 30.8 Å². The molecule has 10 heteroatoms. The Kier molecular flexibility index (Phi) is 4.13. The molecule has 0 spiro atoms. The molecule has 1 N–H and O–H groups in total. The molecule has 0 radical (unpaired) electrons. The van der Waals surface area contributed by atoms with Gasteiger partial charge in [0.2, 0.25) is 0 Å². The summed E-state index contributed by atoms with van der Waals surface area (Å²) in [5.74, 6) is -1.97. The number of halogens is 1. The normalized spacial score (nSPS) is 18.5. The van der Waals surface area contributed by atoms with Crippen molar-refractivity contribution in [3.8, 4) is 17.0 Å². The fraction of sp³-hybridized carbons (Fsp3) is 0.240. The molecule has 1 atom stereocenters. The number of carbonyl (C=O) groups is 1. The first kappa shape index (κ1) is 20.2. The molecule has 1 fully saturated rings. The number of hydrogen-bond acceptors (Lipinski definition) is 6. The first-order chi connectivity index (χ1) is 17.0. The van der Waals surface area contributed by atoms with Gasteiger partial charge in [-0.3, -0.25) is 14.3 Å². The summed E-state index contributed by atoms with van der Waals surface area (Å²) in [6.45, 7) is 1.41. The monoisotopic (exact) mass is 472 g/mol. The number of carbonyl (C=O) groups excluding carboxylic acids is 1. The summed E-state index contributed by atoms with van der Waals surface area (Å²) in [7, 11) is 0. The average Bonchev–Trinajstić information content (AvgIpc) is 3.21. The quantitative estimate of drug-likeness (QED) is 0.395. The Bertz CT molecular complexity index is 1620. The molecule has 5 heterocycles. The molecule has 3 aliphatic rings. The first-order valence-electron chi connectivity index (χ1n) is 11.4. The van der Waals surface area contributed by atoms with Gasteiger partial charge in [-0.05, 0) is 28.5 Å². The number of imidazole rings is 1. The van der Waals surface area contributed by atoms with E-state index in [-0.39, 0.29) is 23.5 Å².